The van der Waals surface area contributed by atoms with E-state index in [2.05, 4.69) is 5.32 Å². The van der Waals surface area contributed by atoms with E-state index in [1.165, 1.54) is 23.9 Å². The van der Waals surface area contributed by atoms with E-state index in [1.807, 2.05) is 37.3 Å². The molecule has 0 fully saturated rings. The fourth-order valence-electron chi connectivity index (χ4n) is 2.65. The van der Waals surface area contributed by atoms with E-state index in [4.69, 9.17) is 0 Å². The summed E-state index contributed by atoms with van der Waals surface area (Å²) >= 11 is 1.51. The van der Waals surface area contributed by atoms with Crippen LogP contribution in [0.3, 0.4) is 0 Å². The maximum atomic E-state index is 13.1. The molecule has 0 aliphatic carbocycles. The van der Waals surface area contributed by atoms with Gasteiger partial charge in [-0.15, -0.1) is 0 Å². The first-order chi connectivity index (χ1) is 11.4. The lowest BCUT2D eigenvalue weighted by Crippen LogP contribution is -2.20. The van der Waals surface area contributed by atoms with Gasteiger partial charge in [-0.25, -0.2) is 0 Å². The van der Waals surface area contributed by atoms with Crippen molar-refractivity contribution in [2.75, 3.05) is 13.1 Å². The molecule has 126 valence electrons. The predicted octanol–water partition coefficient (Wildman–Crippen LogP) is 5.54. The molecule has 1 heterocycles. The molecular formula is C19H18F3NS. The van der Waals surface area contributed by atoms with Crippen molar-refractivity contribution in [3.63, 3.8) is 0 Å². The first kappa shape index (κ1) is 17.1. The summed E-state index contributed by atoms with van der Waals surface area (Å²) in [7, 11) is 0. The quantitative estimate of drug-likeness (QED) is 0.780. The summed E-state index contributed by atoms with van der Waals surface area (Å²) in [6.45, 7) is 3.49. The van der Waals surface area contributed by atoms with Crippen LogP contribution in [0, 0.1) is 6.92 Å². The zero-order valence-corrected chi connectivity index (χ0v) is 14.1. The highest BCUT2D eigenvalue weighted by Crippen LogP contribution is 2.39. The molecule has 1 N–H and O–H groups in total. The van der Waals surface area contributed by atoms with Crippen molar-refractivity contribution in [2.24, 2.45) is 0 Å². The first-order valence-corrected chi connectivity index (χ1v) is 8.61. The molecule has 0 saturated heterocycles. The first-order valence-electron chi connectivity index (χ1n) is 7.79. The Kier molecular flexibility index (Phi) is 5.01. The van der Waals surface area contributed by atoms with Gasteiger partial charge in [-0.05, 0) is 61.4 Å². The lowest BCUT2D eigenvalue weighted by atomic mass is 9.98. The molecule has 2 aromatic rings. The van der Waals surface area contributed by atoms with Gasteiger partial charge in [0, 0.05) is 16.3 Å². The van der Waals surface area contributed by atoms with Crippen molar-refractivity contribution < 1.29 is 13.2 Å². The Morgan fingerprint density at radius 3 is 2.42 bits per heavy atom. The number of halogens is 3. The van der Waals surface area contributed by atoms with Gasteiger partial charge in [-0.1, -0.05) is 35.5 Å². The van der Waals surface area contributed by atoms with Crippen LogP contribution >= 0.6 is 11.8 Å². The van der Waals surface area contributed by atoms with E-state index in [-0.39, 0.29) is 0 Å². The highest BCUT2D eigenvalue weighted by atomic mass is 32.2. The van der Waals surface area contributed by atoms with Gasteiger partial charge >= 0.3 is 6.18 Å². The number of hydrogen-bond donors (Lipinski definition) is 1. The smallest absolute Gasteiger partial charge is 0.313 e. The van der Waals surface area contributed by atoms with E-state index in [0.29, 0.717) is 12.1 Å². The van der Waals surface area contributed by atoms with Gasteiger partial charge in [0.25, 0.3) is 0 Å². The third-order valence-electron chi connectivity index (χ3n) is 3.97. The molecule has 0 amide bonds. The van der Waals surface area contributed by atoms with Gasteiger partial charge in [-0.3, -0.25) is 0 Å². The normalized spacial score (nSPS) is 15.2. The topological polar surface area (TPSA) is 12.0 Å². The maximum Gasteiger partial charge on any atom is 0.416 e. The third kappa shape index (κ3) is 4.02. The minimum absolute atomic E-state index is 0.592. The van der Waals surface area contributed by atoms with Crippen LogP contribution in [0.15, 0.2) is 58.3 Å². The molecule has 0 atom stereocenters. The molecule has 24 heavy (non-hydrogen) atoms. The van der Waals surface area contributed by atoms with Gasteiger partial charge in [0.2, 0.25) is 0 Å². The lowest BCUT2D eigenvalue weighted by Gasteiger charge is -2.19. The maximum absolute atomic E-state index is 13.1. The van der Waals surface area contributed by atoms with E-state index < -0.39 is 11.7 Å². The number of alkyl halides is 3. The highest BCUT2D eigenvalue weighted by molar-refractivity contribution is 7.99. The molecule has 5 heteroatoms. The van der Waals surface area contributed by atoms with Crippen LogP contribution in [0.25, 0.3) is 5.57 Å². The highest BCUT2D eigenvalue weighted by Gasteiger charge is 2.31. The van der Waals surface area contributed by atoms with Gasteiger partial charge < -0.3 is 5.32 Å². The number of benzene rings is 2. The second-order valence-corrected chi connectivity index (χ2v) is 6.92. The number of rotatable bonds is 3. The van der Waals surface area contributed by atoms with Gasteiger partial charge in [-0.2, -0.15) is 13.2 Å². The van der Waals surface area contributed by atoms with E-state index >= 15 is 0 Å². The van der Waals surface area contributed by atoms with Crippen molar-refractivity contribution in [1.29, 1.82) is 0 Å². The van der Waals surface area contributed by atoms with Gasteiger partial charge in [0.15, 0.2) is 0 Å². The molecule has 2 aromatic carbocycles. The molecule has 1 aliphatic heterocycles. The zero-order valence-electron chi connectivity index (χ0n) is 13.3. The van der Waals surface area contributed by atoms with Crippen molar-refractivity contribution in [3.8, 4) is 0 Å². The Bertz CT molecular complexity index is 748. The molecule has 0 radical (unpaired) electrons. The van der Waals surface area contributed by atoms with Crippen LogP contribution in [-0.2, 0) is 6.18 Å². The SMILES string of the molecule is Cc1ccc(Sc2ccc(C(F)(F)F)cc2C2=CCNCC2)cc1. The summed E-state index contributed by atoms with van der Waals surface area (Å²) in [5, 5.41) is 3.20. The Labute approximate surface area is 144 Å². The minimum Gasteiger partial charge on any atom is -0.313 e. The van der Waals surface area contributed by atoms with Crippen LogP contribution in [0.2, 0.25) is 0 Å². The van der Waals surface area contributed by atoms with Crippen LogP contribution < -0.4 is 5.32 Å². The summed E-state index contributed by atoms with van der Waals surface area (Å²) in [6.07, 6.45) is -1.60. The van der Waals surface area contributed by atoms with Crippen molar-refractivity contribution in [2.45, 2.75) is 29.3 Å². The monoisotopic (exact) mass is 349 g/mol. The molecule has 0 spiro atoms. The standard InChI is InChI=1S/C19H18F3NS/c1-13-2-5-16(6-3-13)24-18-7-4-15(19(20,21)22)12-17(18)14-8-10-23-11-9-14/h2-8,12,23H,9-11H2,1H3. The Hall–Kier alpha value is -1.72. The summed E-state index contributed by atoms with van der Waals surface area (Å²) in [5.41, 5.74) is 2.24. The molecule has 0 aromatic heterocycles. The Morgan fingerprint density at radius 2 is 1.79 bits per heavy atom. The van der Waals surface area contributed by atoms with Crippen LogP contribution in [-0.4, -0.2) is 13.1 Å². The third-order valence-corrected chi connectivity index (χ3v) is 5.05. The molecule has 0 bridgehead atoms. The second-order valence-electron chi connectivity index (χ2n) is 5.81. The fraction of sp³-hybridized carbons (Fsp3) is 0.263. The molecule has 3 rings (SSSR count). The van der Waals surface area contributed by atoms with Crippen molar-refractivity contribution in [1.82, 2.24) is 5.32 Å². The lowest BCUT2D eigenvalue weighted by molar-refractivity contribution is -0.137. The van der Waals surface area contributed by atoms with Crippen LogP contribution in [0.4, 0.5) is 13.2 Å². The number of nitrogens with one attached hydrogen (secondary N) is 1. The van der Waals surface area contributed by atoms with E-state index in [0.717, 1.165) is 33.9 Å². The van der Waals surface area contributed by atoms with E-state index in [9.17, 15) is 13.2 Å². The largest absolute Gasteiger partial charge is 0.416 e. The Morgan fingerprint density at radius 1 is 1.04 bits per heavy atom. The summed E-state index contributed by atoms with van der Waals surface area (Å²) < 4.78 is 39.3. The van der Waals surface area contributed by atoms with Crippen LogP contribution in [0.1, 0.15) is 23.1 Å². The average molecular weight is 349 g/mol. The zero-order chi connectivity index (χ0) is 17.2. The minimum atomic E-state index is -4.32. The average Bonchev–Trinajstić information content (AvgIpc) is 2.57. The fourth-order valence-corrected chi connectivity index (χ4v) is 3.61. The van der Waals surface area contributed by atoms with E-state index in [1.54, 1.807) is 6.07 Å². The Balaban J connectivity index is 2.00. The van der Waals surface area contributed by atoms with Gasteiger partial charge in [0.1, 0.15) is 0 Å². The molecule has 1 aliphatic rings. The number of hydrogen-bond acceptors (Lipinski definition) is 2. The molecule has 0 saturated carbocycles. The number of aryl methyl sites for hydroxylation is 1. The second kappa shape index (κ2) is 7.03. The van der Waals surface area contributed by atoms with Gasteiger partial charge in [0.05, 0.1) is 5.56 Å². The molecule has 0 unspecified atom stereocenters. The van der Waals surface area contributed by atoms with Crippen molar-refractivity contribution >= 4 is 17.3 Å². The molecular weight excluding hydrogens is 331 g/mol. The predicted molar refractivity (Wildman–Crippen MR) is 92.2 cm³/mol. The summed E-state index contributed by atoms with van der Waals surface area (Å²) in [6, 6.07) is 12.1. The van der Waals surface area contributed by atoms with Crippen LogP contribution in [0.5, 0.6) is 0 Å². The van der Waals surface area contributed by atoms with Crippen molar-refractivity contribution in [3.05, 3.63) is 65.2 Å². The summed E-state index contributed by atoms with van der Waals surface area (Å²) in [4.78, 5) is 1.89. The molecule has 1 nitrogen and oxygen atoms in total. The summed E-state index contributed by atoms with van der Waals surface area (Å²) in [5.74, 6) is 0.